The molecule has 1 rings (SSSR count). The third kappa shape index (κ3) is 3.92. The van der Waals surface area contributed by atoms with Crippen molar-refractivity contribution >= 4 is 17.4 Å². The normalized spacial score (nSPS) is 13.9. The van der Waals surface area contributed by atoms with Crippen LogP contribution >= 0.6 is 11.6 Å². The molecule has 0 bridgehead atoms. The topological polar surface area (TPSA) is 38.4 Å². The number of nitrogens with zero attached hydrogens (tertiary/aromatic N) is 1. The first-order valence-corrected chi connectivity index (χ1v) is 5.59. The minimum absolute atomic E-state index is 0.105. The van der Waals surface area contributed by atoms with E-state index in [1.165, 1.54) is 0 Å². The van der Waals surface area contributed by atoms with Crippen LogP contribution in [0.2, 0.25) is 5.02 Å². The van der Waals surface area contributed by atoms with Gasteiger partial charge in [0.05, 0.1) is 11.9 Å². The van der Waals surface area contributed by atoms with Crippen molar-refractivity contribution in [2.45, 2.75) is 32.7 Å². The molecule has 1 aromatic rings. The lowest BCUT2D eigenvalue weighted by Gasteiger charge is -2.08. The van der Waals surface area contributed by atoms with E-state index in [1.807, 2.05) is 31.2 Å². The molecule has 0 saturated carbocycles. The van der Waals surface area contributed by atoms with Crippen LogP contribution in [0.3, 0.4) is 0 Å². The van der Waals surface area contributed by atoms with Gasteiger partial charge >= 0.3 is 0 Å². The van der Waals surface area contributed by atoms with Crippen LogP contribution in [0, 0.1) is 0 Å². The smallest absolute Gasteiger partial charge is 0.0944 e. The van der Waals surface area contributed by atoms with Gasteiger partial charge in [0.1, 0.15) is 0 Å². The molecule has 3 heteroatoms. The van der Waals surface area contributed by atoms with E-state index in [0.29, 0.717) is 0 Å². The average molecular weight is 225 g/mol. The van der Waals surface area contributed by atoms with Gasteiger partial charge in [0.25, 0.3) is 0 Å². The Hall–Kier alpha value is -1.02. The van der Waals surface area contributed by atoms with Crippen LogP contribution in [0.1, 0.15) is 38.3 Å². The molecule has 0 radical (unpaired) electrons. The Balaban J connectivity index is 2.72. The van der Waals surface area contributed by atoms with Crippen LogP contribution < -0.4 is 5.73 Å². The highest BCUT2D eigenvalue weighted by Gasteiger charge is 2.03. The summed E-state index contributed by atoms with van der Waals surface area (Å²) in [7, 11) is 0. The maximum Gasteiger partial charge on any atom is 0.0944 e. The number of hydrogen-bond acceptors (Lipinski definition) is 1. The van der Waals surface area contributed by atoms with Gasteiger partial charge in [0.2, 0.25) is 0 Å². The second-order valence-corrected chi connectivity index (χ2v) is 4.03. The van der Waals surface area contributed by atoms with Crippen LogP contribution in [0.5, 0.6) is 0 Å². The number of hydrogen-bond donors (Lipinski definition) is 1. The zero-order valence-electron chi connectivity index (χ0n) is 9.20. The van der Waals surface area contributed by atoms with Gasteiger partial charge in [-0.2, -0.15) is 0 Å². The summed E-state index contributed by atoms with van der Waals surface area (Å²) in [4.78, 5) is 4.42. The third-order valence-corrected chi connectivity index (χ3v) is 2.47. The van der Waals surface area contributed by atoms with E-state index >= 15 is 0 Å². The maximum atomic E-state index is 5.81. The second kappa shape index (κ2) is 5.76. The van der Waals surface area contributed by atoms with E-state index in [9.17, 15) is 0 Å². The molecule has 1 unspecified atom stereocenters. The summed E-state index contributed by atoms with van der Waals surface area (Å²) in [6, 6.07) is 7.82. The summed E-state index contributed by atoms with van der Waals surface area (Å²) in [5.74, 6) is 0.722. The Kier molecular flexibility index (Phi) is 4.63. The summed E-state index contributed by atoms with van der Waals surface area (Å²) in [5.41, 5.74) is 6.91. The predicted octanol–water partition coefficient (Wildman–Crippen LogP) is 3.56. The minimum Gasteiger partial charge on any atom is -0.387 e. The van der Waals surface area contributed by atoms with Crippen LogP contribution in [-0.4, -0.2) is 5.84 Å². The monoisotopic (exact) mass is 224 g/mol. The summed E-state index contributed by atoms with van der Waals surface area (Å²) >= 11 is 5.81. The lowest BCUT2D eigenvalue weighted by molar-refractivity contribution is 0.806. The highest BCUT2D eigenvalue weighted by Crippen LogP contribution is 2.19. The van der Waals surface area contributed by atoms with Crippen LogP contribution in [0.15, 0.2) is 29.3 Å². The maximum absolute atomic E-state index is 5.81. The second-order valence-electron chi connectivity index (χ2n) is 3.60. The number of rotatable bonds is 4. The molecule has 1 aromatic carbocycles. The predicted molar refractivity (Wildman–Crippen MR) is 66.4 cm³/mol. The summed E-state index contributed by atoms with van der Waals surface area (Å²) < 4.78 is 0. The van der Waals surface area contributed by atoms with Crippen molar-refractivity contribution in [2.24, 2.45) is 10.7 Å². The largest absolute Gasteiger partial charge is 0.387 e. The van der Waals surface area contributed by atoms with Crippen molar-refractivity contribution in [1.82, 2.24) is 0 Å². The van der Waals surface area contributed by atoms with Gasteiger partial charge in [-0.15, -0.1) is 0 Å². The van der Waals surface area contributed by atoms with E-state index < -0.39 is 0 Å². The molecule has 0 fully saturated rings. The Morgan fingerprint density at radius 1 is 1.40 bits per heavy atom. The van der Waals surface area contributed by atoms with Crippen molar-refractivity contribution in [3.05, 3.63) is 34.9 Å². The van der Waals surface area contributed by atoms with Crippen LogP contribution in [0.4, 0.5) is 0 Å². The van der Waals surface area contributed by atoms with Crippen molar-refractivity contribution in [3.63, 3.8) is 0 Å². The zero-order chi connectivity index (χ0) is 11.3. The highest BCUT2D eigenvalue weighted by molar-refractivity contribution is 6.30. The first kappa shape index (κ1) is 12.1. The molecule has 2 N–H and O–H groups in total. The molecule has 0 saturated heterocycles. The lowest BCUT2D eigenvalue weighted by Crippen LogP contribution is -2.12. The molecule has 2 nitrogen and oxygen atoms in total. The molecule has 0 amide bonds. The molecule has 0 aliphatic rings. The van der Waals surface area contributed by atoms with Gasteiger partial charge < -0.3 is 5.73 Å². The van der Waals surface area contributed by atoms with Gasteiger partial charge in [-0.1, -0.05) is 30.7 Å². The SMILES string of the molecule is CCCC(N)=NC(C)c1ccc(Cl)cc1. The number of amidine groups is 1. The Labute approximate surface area is 96.2 Å². The summed E-state index contributed by atoms with van der Waals surface area (Å²) in [6.45, 7) is 4.13. The minimum atomic E-state index is 0.105. The highest BCUT2D eigenvalue weighted by atomic mass is 35.5. The van der Waals surface area contributed by atoms with Gasteiger partial charge in [-0.25, -0.2) is 0 Å². The third-order valence-electron chi connectivity index (χ3n) is 2.22. The molecule has 0 heterocycles. The molecule has 82 valence electrons. The lowest BCUT2D eigenvalue weighted by atomic mass is 10.1. The molecule has 0 aromatic heterocycles. The number of nitrogens with two attached hydrogens (primary N) is 1. The average Bonchev–Trinajstić information content (AvgIpc) is 2.18. The van der Waals surface area contributed by atoms with Crippen molar-refractivity contribution < 1.29 is 0 Å². The molecular formula is C12H17ClN2. The van der Waals surface area contributed by atoms with E-state index in [1.54, 1.807) is 0 Å². The van der Waals surface area contributed by atoms with Crippen LogP contribution in [0.25, 0.3) is 0 Å². The van der Waals surface area contributed by atoms with Gasteiger partial charge in [-0.05, 0) is 31.0 Å². The summed E-state index contributed by atoms with van der Waals surface area (Å²) in [5, 5.41) is 0.747. The first-order valence-electron chi connectivity index (χ1n) is 5.21. The van der Waals surface area contributed by atoms with Crippen molar-refractivity contribution in [3.8, 4) is 0 Å². The molecule has 15 heavy (non-hydrogen) atoms. The molecule has 0 aliphatic carbocycles. The van der Waals surface area contributed by atoms with Gasteiger partial charge in [0.15, 0.2) is 0 Å². The van der Waals surface area contributed by atoms with E-state index in [0.717, 1.165) is 29.3 Å². The fourth-order valence-electron chi connectivity index (χ4n) is 1.39. The van der Waals surface area contributed by atoms with Gasteiger partial charge in [-0.3, -0.25) is 4.99 Å². The Morgan fingerprint density at radius 2 is 2.00 bits per heavy atom. The van der Waals surface area contributed by atoms with Crippen molar-refractivity contribution in [1.29, 1.82) is 0 Å². The van der Waals surface area contributed by atoms with E-state index in [4.69, 9.17) is 17.3 Å². The standard InChI is InChI=1S/C12H17ClN2/c1-3-4-12(14)15-9(2)10-5-7-11(13)8-6-10/h5-9H,3-4H2,1-2H3,(H2,14,15). The Bertz CT molecular complexity index is 330. The molecule has 0 spiro atoms. The molecule has 1 atom stereocenters. The number of benzene rings is 1. The van der Waals surface area contributed by atoms with Crippen LogP contribution in [-0.2, 0) is 0 Å². The number of halogens is 1. The number of aliphatic imine (C=N–C) groups is 1. The van der Waals surface area contributed by atoms with Gasteiger partial charge in [0, 0.05) is 11.4 Å². The fraction of sp³-hybridized carbons (Fsp3) is 0.417. The first-order chi connectivity index (χ1) is 7.13. The molecular weight excluding hydrogens is 208 g/mol. The molecule has 0 aliphatic heterocycles. The van der Waals surface area contributed by atoms with E-state index in [-0.39, 0.29) is 6.04 Å². The van der Waals surface area contributed by atoms with Crippen molar-refractivity contribution in [2.75, 3.05) is 0 Å². The summed E-state index contributed by atoms with van der Waals surface area (Å²) in [6.07, 6.45) is 1.89. The Morgan fingerprint density at radius 3 is 2.53 bits per heavy atom. The quantitative estimate of drug-likeness (QED) is 0.617. The van der Waals surface area contributed by atoms with E-state index in [2.05, 4.69) is 11.9 Å². The fourth-order valence-corrected chi connectivity index (χ4v) is 1.51. The zero-order valence-corrected chi connectivity index (χ0v) is 9.96.